The Hall–Kier alpha value is -7.41. The number of nitrogens with one attached hydrogen (secondary N) is 1. The molecule has 2 aliphatic rings. The van der Waals surface area contributed by atoms with Crippen molar-refractivity contribution in [1.82, 2.24) is 59.0 Å². The highest BCUT2D eigenvalue weighted by Gasteiger charge is 2.41. The average Bonchev–Trinajstić information content (AvgIpc) is 1.94. The number of pyridine rings is 2. The number of carboxylic acid groups (broad SMARTS) is 1. The van der Waals surface area contributed by atoms with Gasteiger partial charge in [0.2, 0.25) is 0 Å². The molecule has 22 heteroatoms. The summed E-state index contributed by atoms with van der Waals surface area (Å²) in [6, 6.07) is 23.6. The summed E-state index contributed by atoms with van der Waals surface area (Å²) in [5.41, 5.74) is 15.5. The highest BCUT2D eigenvalue weighted by molar-refractivity contribution is 6.76. The van der Waals surface area contributed by atoms with Gasteiger partial charge in [-0.05, 0) is 127 Å². The molecule has 0 bridgehead atoms. The number of alkyl carbamates (subject to hydrolysis) is 1. The number of benzene rings is 2. The van der Waals surface area contributed by atoms with Crippen LogP contribution in [0, 0.1) is 13.8 Å². The second-order valence-electron chi connectivity index (χ2n) is 28.8. The van der Waals surface area contributed by atoms with Crippen molar-refractivity contribution in [2.24, 2.45) is 0 Å². The maximum atomic E-state index is 12.1. The van der Waals surface area contributed by atoms with E-state index in [4.69, 9.17) is 24.4 Å². The summed E-state index contributed by atoms with van der Waals surface area (Å²) in [6.45, 7) is 43.6. The summed E-state index contributed by atoms with van der Waals surface area (Å²) in [7, 11) is -2.45. The number of carbonyl (C=O) groups is 2. The summed E-state index contributed by atoms with van der Waals surface area (Å²) in [5.74, 6) is 0.426. The third-order valence-corrected chi connectivity index (χ3v) is 19.4. The van der Waals surface area contributed by atoms with Crippen molar-refractivity contribution in [2.75, 3.05) is 49.2 Å². The molecule has 2 fully saturated rings. The van der Waals surface area contributed by atoms with E-state index in [-0.39, 0.29) is 30.0 Å². The highest BCUT2D eigenvalue weighted by Crippen LogP contribution is 2.41. The first-order chi connectivity index (χ1) is 41.3. The van der Waals surface area contributed by atoms with Crippen LogP contribution in [0.25, 0.3) is 56.3 Å². The van der Waals surface area contributed by atoms with Crippen molar-refractivity contribution in [3.63, 3.8) is 0 Å². The highest BCUT2D eigenvalue weighted by atomic mass is 28.3. The molecule has 0 radical (unpaired) electrons. The van der Waals surface area contributed by atoms with Crippen molar-refractivity contribution >= 4 is 51.0 Å². The van der Waals surface area contributed by atoms with Gasteiger partial charge in [-0.2, -0.15) is 20.4 Å². The van der Waals surface area contributed by atoms with Gasteiger partial charge in [-0.1, -0.05) is 91.2 Å². The van der Waals surface area contributed by atoms with E-state index in [1.807, 2.05) is 72.3 Å². The monoisotopic (exact) mass is 1230 g/mol. The zero-order valence-corrected chi connectivity index (χ0v) is 57.3. The predicted octanol–water partition coefficient (Wildman–Crippen LogP) is 13.7. The number of hydrogen-bond acceptors (Lipinski definition) is 13. The van der Waals surface area contributed by atoms with Crippen LogP contribution in [0.1, 0.15) is 103 Å². The van der Waals surface area contributed by atoms with Gasteiger partial charge in [-0.15, -0.1) is 0 Å². The molecule has 2 N–H and O–H groups in total. The van der Waals surface area contributed by atoms with Crippen LogP contribution in [0.2, 0.25) is 51.4 Å². The van der Waals surface area contributed by atoms with Crippen LogP contribution in [0.15, 0.2) is 85.7 Å². The lowest BCUT2D eigenvalue weighted by Crippen LogP contribution is -2.65. The number of carbonyl (C=O) groups excluding carboxylic acids is 1. The minimum Gasteiger partial charge on any atom is -0.465 e. The van der Waals surface area contributed by atoms with Gasteiger partial charge < -0.3 is 34.4 Å². The van der Waals surface area contributed by atoms with Crippen LogP contribution >= 0.6 is 0 Å². The first-order valence-electron chi connectivity index (χ1n) is 31.0. The van der Waals surface area contributed by atoms with Crippen molar-refractivity contribution in [2.45, 2.75) is 183 Å². The van der Waals surface area contributed by atoms with Gasteiger partial charge in [0.05, 0.1) is 34.9 Å². The number of aromatic nitrogens is 10. The first-order valence-corrected chi connectivity index (χ1v) is 38.4. The van der Waals surface area contributed by atoms with Gasteiger partial charge in [-0.3, -0.25) is 4.90 Å². The van der Waals surface area contributed by atoms with Gasteiger partial charge in [0.25, 0.3) is 0 Å². The number of hydrogen-bond donors (Lipinski definition) is 2. The van der Waals surface area contributed by atoms with E-state index in [0.29, 0.717) is 33.2 Å². The molecule has 2 saturated heterocycles. The summed E-state index contributed by atoms with van der Waals surface area (Å²) >= 11 is 0. The lowest BCUT2D eigenvalue weighted by molar-refractivity contribution is 0.0494. The Labute approximate surface area is 521 Å². The number of rotatable bonds is 20. The maximum absolute atomic E-state index is 12.1. The minimum absolute atomic E-state index is 0.0234. The standard InChI is InChI=1S/2C33H47N7O3Si/c1-22(2)28-29(24-10-12-27(13-11-24)38-18-26(19-38)36-32(41)43-33(4,5)6)37-40(21-42-14-15-44(7,8)9)30(28)25-16-23(3)31-34-20-35-39(31)17-25;1-22(2)28-29(24-10-12-26(13-11-24)37-18-27(19-37)40(32(41)42)33(4,5)6)36-39(21-43-14-15-44(7,8)9)30(28)25-16-23(3)31-34-20-35-38(31)17-25/h10-13,16-17,20,22,26H,14-15,18-19,21H2,1-9H3,(H,36,41);10-13,16-17,20,22,27H,14-15,18-19,21H2,1-9H3,(H,41,42). The summed E-state index contributed by atoms with van der Waals surface area (Å²) < 4.78 is 25.6. The fourth-order valence-corrected chi connectivity index (χ4v) is 13.0. The van der Waals surface area contributed by atoms with Crippen LogP contribution in [-0.4, -0.2) is 150 Å². The molecule has 10 rings (SSSR count). The Morgan fingerprint density at radius 1 is 0.636 bits per heavy atom. The summed E-state index contributed by atoms with van der Waals surface area (Å²) in [4.78, 5) is 38.9. The van der Waals surface area contributed by atoms with E-state index in [0.717, 1.165) is 116 Å². The summed E-state index contributed by atoms with van der Waals surface area (Å²) in [6.07, 6.45) is 6.01. The Balaban J connectivity index is 0.000000209. The Bertz CT molecular complexity index is 3710. The molecule has 6 aromatic heterocycles. The number of aryl methyl sites for hydroxylation is 2. The number of amides is 2. The van der Waals surface area contributed by atoms with Gasteiger partial charge in [-0.25, -0.2) is 38.0 Å². The number of ether oxygens (including phenoxy) is 3. The van der Waals surface area contributed by atoms with Crippen LogP contribution in [-0.2, 0) is 27.7 Å². The van der Waals surface area contributed by atoms with E-state index in [2.05, 4.69) is 177 Å². The Morgan fingerprint density at radius 2 is 1.05 bits per heavy atom. The lowest BCUT2D eigenvalue weighted by atomic mass is 9.93. The number of anilines is 2. The Morgan fingerprint density at radius 3 is 1.41 bits per heavy atom. The van der Waals surface area contributed by atoms with Gasteiger partial charge in [0.1, 0.15) is 31.7 Å². The molecule has 8 heterocycles. The van der Waals surface area contributed by atoms with Gasteiger partial charge >= 0.3 is 12.2 Å². The SMILES string of the molecule is Cc1cc(-c2c(C(C)C)c(-c3ccc(N4CC(N(C(=O)O)C(C)(C)C)C4)cc3)nn2COCC[Si](C)(C)C)cn2ncnc12.Cc1cc(-c2c(C(C)C)c(-c3ccc(N4CC(NC(=O)OC(C)(C)C)C4)cc3)nn2COCC[Si](C)(C)C)cn2ncnc12. The van der Waals surface area contributed by atoms with Crippen LogP contribution in [0.5, 0.6) is 0 Å². The largest absolute Gasteiger partial charge is 0.465 e. The molecule has 472 valence electrons. The molecule has 2 aromatic carbocycles. The zero-order valence-electron chi connectivity index (χ0n) is 55.3. The van der Waals surface area contributed by atoms with E-state index >= 15 is 0 Å². The average molecular weight is 1240 g/mol. The van der Waals surface area contributed by atoms with E-state index in [1.165, 1.54) is 5.56 Å². The first kappa shape index (κ1) is 65.1. The predicted molar refractivity (Wildman–Crippen MR) is 356 cm³/mol. The third kappa shape index (κ3) is 15.3. The second-order valence-corrected chi connectivity index (χ2v) is 40.1. The second kappa shape index (κ2) is 26.0. The zero-order chi connectivity index (χ0) is 63.8. The topological polar surface area (TPSA) is 200 Å². The molecular weight excluding hydrogens is 1140 g/mol. The van der Waals surface area contributed by atoms with Crippen molar-refractivity contribution in [3.05, 3.63) is 108 Å². The van der Waals surface area contributed by atoms with Crippen LogP contribution in [0.4, 0.5) is 21.0 Å². The molecule has 0 aliphatic carbocycles. The molecule has 8 aromatic rings. The van der Waals surface area contributed by atoms with Crippen molar-refractivity contribution in [3.8, 4) is 45.0 Å². The van der Waals surface area contributed by atoms with E-state index < -0.39 is 33.4 Å². The van der Waals surface area contributed by atoms with Crippen molar-refractivity contribution < 1.29 is 28.9 Å². The minimum atomic E-state index is -1.23. The van der Waals surface area contributed by atoms with Crippen LogP contribution in [0.3, 0.4) is 0 Å². The fourth-order valence-electron chi connectivity index (χ4n) is 11.5. The van der Waals surface area contributed by atoms with Crippen molar-refractivity contribution in [1.29, 1.82) is 0 Å². The van der Waals surface area contributed by atoms with Gasteiger partial charge in [0.15, 0.2) is 11.3 Å². The molecule has 0 atom stereocenters. The molecule has 88 heavy (non-hydrogen) atoms. The fraction of sp³-hybridized carbons (Fsp3) is 0.515. The molecular formula is C66H94N14O6Si2. The normalized spacial score (nSPS) is 14.4. The molecule has 0 saturated carbocycles. The summed E-state index contributed by atoms with van der Waals surface area (Å²) in [5, 5.41) is 31.9. The number of nitrogens with zero attached hydrogens (tertiary/aromatic N) is 13. The molecule has 2 aliphatic heterocycles. The maximum Gasteiger partial charge on any atom is 0.408 e. The number of fused-ring (bicyclic) bond motifs is 2. The molecule has 2 amide bonds. The smallest absolute Gasteiger partial charge is 0.408 e. The lowest BCUT2D eigenvalue weighted by Gasteiger charge is -2.50. The van der Waals surface area contributed by atoms with E-state index in [9.17, 15) is 14.7 Å². The molecule has 0 unspecified atom stereocenters. The van der Waals surface area contributed by atoms with Gasteiger partial charge in [0, 0.05) is 118 Å². The third-order valence-electron chi connectivity index (χ3n) is 16.0. The molecule has 0 spiro atoms. The van der Waals surface area contributed by atoms with E-state index in [1.54, 1.807) is 17.6 Å². The quantitative estimate of drug-likeness (QED) is 0.0539. The Kier molecular flexibility index (Phi) is 19.2. The van der Waals surface area contributed by atoms with Crippen LogP contribution < -0.4 is 15.1 Å². The molecule has 20 nitrogen and oxygen atoms in total.